The number of aliphatic carboxylic acids is 1. The first-order valence-corrected chi connectivity index (χ1v) is 14.2. The van der Waals surface area contributed by atoms with Crippen LogP contribution in [0, 0.1) is 0 Å². The predicted molar refractivity (Wildman–Crippen MR) is 158 cm³/mol. The van der Waals surface area contributed by atoms with E-state index in [1.807, 2.05) is 19.1 Å². The summed E-state index contributed by atoms with van der Waals surface area (Å²) in [5.41, 5.74) is 4.32. The fourth-order valence-electron chi connectivity index (χ4n) is 5.07. The van der Waals surface area contributed by atoms with E-state index in [0.717, 1.165) is 11.1 Å². The third-order valence-corrected chi connectivity index (χ3v) is 7.67. The first-order chi connectivity index (χ1) is 19.3. The second-order valence-electron chi connectivity index (χ2n) is 10.3. The summed E-state index contributed by atoms with van der Waals surface area (Å²) in [7, 11) is 0. The summed E-state index contributed by atoms with van der Waals surface area (Å²) in [6, 6.07) is 22.2. The molecule has 3 aromatic rings. The topological polar surface area (TPSA) is 98.7 Å². The number of hydrogen-bond acceptors (Lipinski definition) is 3. The van der Waals surface area contributed by atoms with E-state index in [4.69, 9.17) is 16.7 Å². The minimum Gasteiger partial charge on any atom is -0.481 e. The third-order valence-electron chi connectivity index (χ3n) is 7.42. The van der Waals surface area contributed by atoms with Crippen LogP contribution in [-0.4, -0.2) is 29.6 Å². The highest BCUT2D eigenvalue weighted by atomic mass is 35.5. The van der Waals surface area contributed by atoms with Crippen molar-refractivity contribution in [1.29, 1.82) is 0 Å². The lowest BCUT2D eigenvalue weighted by Crippen LogP contribution is -2.40. The number of halogens is 1. The summed E-state index contributed by atoms with van der Waals surface area (Å²) in [5, 5.41) is 15.1. The number of rotatable bonds is 10. The molecule has 210 valence electrons. The first-order valence-electron chi connectivity index (χ1n) is 13.8. The van der Waals surface area contributed by atoms with Gasteiger partial charge in [0.15, 0.2) is 0 Å². The molecule has 1 saturated carbocycles. The number of nitrogens with one attached hydrogen (secondary N) is 2. The fraction of sp³-hybridized carbons (Fsp3) is 0.344. The van der Waals surface area contributed by atoms with Crippen molar-refractivity contribution in [3.8, 4) is 0 Å². The van der Waals surface area contributed by atoms with Crippen LogP contribution in [0.1, 0.15) is 84.5 Å². The summed E-state index contributed by atoms with van der Waals surface area (Å²) in [6.07, 6.45) is 6.18. The van der Waals surface area contributed by atoms with Crippen LogP contribution < -0.4 is 15.5 Å². The molecular formula is C32H36ClN3O4. The number of carboxylic acid groups (broad SMARTS) is 1. The van der Waals surface area contributed by atoms with Gasteiger partial charge in [-0.2, -0.15) is 0 Å². The van der Waals surface area contributed by atoms with E-state index in [0.29, 0.717) is 28.7 Å². The molecule has 40 heavy (non-hydrogen) atoms. The minimum absolute atomic E-state index is 0.0455. The second-order valence-corrected chi connectivity index (χ2v) is 10.8. The third kappa shape index (κ3) is 8.09. The lowest BCUT2D eigenvalue weighted by atomic mass is 9.84. The summed E-state index contributed by atoms with van der Waals surface area (Å²) in [4.78, 5) is 38.4. The van der Waals surface area contributed by atoms with Crippen molar-refractivity contribution < 1.29 is 19.5 Å². The van der Waals surface area contributed by atoms with Crippen LogP contribution in [0.15, 0.2) is 72.8 Å². The SMILES string of the molecule is CC(NC(=O)N(Cc1ccc(C2CCCCC2)cc1)c1ccc(C(=O)NCCC(=O)O)cc1)c1ccc(Cl)cc1. The molecule has 1 aliphatic carbocycles. The van der Waals surface area contributed by atoms with Crippen LogP contribution in [0.3, 0.4) is 0 Å². The van der Waals surface area contributed by atoms with Crippen molar-refractivity contribution >= 4 is 35.2 Å². The van der Waals surface area contributed by atoms with Crippen molar-refractivity contribution in [1.82, 2.24) is 10.6 Å². The van der Waals surface area contributed by atoms with Crippen LogP contribution in [-0.2, 0) is 11.3 Å². The zero-order chi connectivity index (χ0) is 28.5. The molecule has 0 heterocycles. The van der Waals surface area contributed by atoms with Crippen LogP contribution in [0.5, 0.6) is 0 Å². The number of carboxylic acids is 1. The maximum absolute atomic E-state index is 13.6. The van der Waals surface area contributed by atoms with Crippen LogP contribution >= 0.6 is 11.6 Å². The lowest BCUT2D eigenvalue weighted by molar-refractivity contribution is -0.136. The van der Waals surface area contributed by atoms with Gasteiger partial charge >= 0.3 is 12.0 Å². The number of nitrogens with zero attached hydrogens (tertiary/aromatic N) is 1. The first kappa shape index (κ1) is 29.2. The van der Waals surface area contributed by atoms with E-state index in [2.05, 4.69) is 34.9 Å². The lowest BCUT2D eigenvalue weighted by Gasteiger charge is -2.26. The molecule has 3 amide bonds. The Hall–Kier alpha value is -3.84. The normalized spacial score (nSPS) is 14.2. The van der Waals surface area contributed by atoms with E-state index in [1.54, 1.807) is 41.3 Å². The molecule has 3 aromatic carbocycles. The molecule has 3 N–H and O–H groups in total. The molecule has 0 aromatic heterocycles. The molecule has 1 unspecified atom stereocenters. The molecule has 1 atom stereocenters. The predicted octanol–water partition coefficient (Wildman–Crippen LogP) is 7.07. The minimum atomic E-state index is -0.975. The van der Waals surface area contributed by atoms with Gasteiger partial charge in [-0.05, 0) is 78.8 Å². The molecule has 0 aliphatic heterocycles. The number of amides is 3. The van der Waals surface area contributed by atoms with Gasteiger partial charge in [-0.25, -0.2) is 4.79 Å². The molecule has 0 radical (unpaired) electrons. The number of carbonyl (C=O) groups excluding carboxylic acids is 2. The van der Waals surface area contributed by atoms with Gasteiger partial charge in [0.25, 0.3) is 5.91 Å². The van der Waals surface area contributed by atoms with Gasteiger partial charge in [0.1, 0.15) is 0 Å². The van der Waals surface area contributed by atoms with E-state index in [-0.39, 0.29) is 30.9 Å². The number of benzene rings is 3. The van der Waals surface area contributed by atoms with Crippen molar-refractivity contribution in [2.75, 3.05) is 11.4 Å². The Morgan fingerprint density at radius 2 is 1.57 bits per heavy atom. The second kappa shape index (κ2) is 14.0. The van der Waals surface area contributed by atoms with E-state index >= 15 is 0 Å². The summed E-state index contributed by atoms with van der Waals surface area (Å²) in [5.74, 6) is -0.730. The highest BCUT2D eigenvalue weighted by Gasteiger charge is 2.21. The van der Waals surface area contributed by atoms with Gasteiger partial charge in [0, 0.05) is 22.8 Å². The standard InChI is InChI=1S/C32H36ClN3O4/c1-22(24-11-15-28(33)16-12-24)35-32(40)36(21-23-7-9-26(10-8-23)25-5-3-2-4-6-25)29-17-13-27(14-18-29)31(39)34-20-19-30(37)38/h7-18,22,25H,2-6,19-21H2,1H3,(H,34,39)(H,35,40)(H,37,38). The Labute approximate surface area is 240 Å². The zero-order valence-electron chi connectivity index (χ0n) is 22.7. The highest BCUT2D eigenvalue weighted by Crippen LogP contribution is 2.33. The number of hydrogen-bond donors (Lipinski definition) is 3. The fourth-order valence-corrected chi connectivity index (χ4v) is 5.20. The van der Waals surface area contributed by atoms with E-state index < -0.39 is 5.97 Å². The Kier molecular flexibility index (Phi) is 10.2. The largest absolute Gasteiger partial charge is 0.481 e. The number of anilines is 1. The Morgan fingerprint density at radius 1 is 0.925 bits per heavy atom. The van der Waals surface area contributed by atoms with Gasteiger partial charge in [0.05, 0.1) is 19.0 Å². The summed E-state index contributed by atoms with van der Waals surface area (Å²) < 4.78 is 0. The molecule has 1 aliphatic rings. The average Bonchev–Trinajstić information content (AvgIpc) is 2.97. The summed E-state index contributed by atoms with van der Waals surface area (Å²) in [6.45, 7) is 2.32. The van der Waals surface area contributed by atoms with Crippen molar-refractivity contribution in [2.45, 2.75) is 64.0 Å². The smallest absolute Gasteiger partial charge is 0.322 e. The average molecular weight is 562 g/mol. The Bertz CT molecular complexity index is 1290. The van der Waals surface area contributed by atoms with Crippen molar-refractivity contribution in [3.63, 3.8) is 0 Å². The quantitative estimate of drug-likeness (QED) is 0.246. The maximum Gasteiger partial charge on any atom is 0.322 e. The van der Waals surface area contributed by atoms with Gasteiger partial charge in [-0.3, -0.25) is 14.5 Å². The number of urea groups is 1. The van der Waals surface area contributed by atoms with Crippen LogP contribution in [0.4, 0.5) is 10.5 Å². The van der Waals surface area contributed by atoms with E-state index in [1.165, 1.54) is 37.7 Å². The molecular weight excluding hydrogens is 526 g/mol. The van der Waals surface area contributed by atoms with Gasteiger partial charge in [-0.15, -0.1) is 0 Å². The van der Waals surface area contributed by atoms with Gasteiger partial charge < -0.3 is 15.7 Å². The zero-order valence-corrected chi connectivity index (χ0v) is 23.5. The highest BCUT2D eigenvalue weighted by molar-refractivity contribution is 6.30. The molecule has 0 saturated heterocycles. The monoisotopic (exact) mass is 561 g/mol. The Balaban J connectivity index is 1.51. The molecule has 4 rings (SSSR count). The molecule has 1 fully saturated rings. The van der Waals surface area contributed by atoms with Crippen molar-refractivity contribution in [2.24, 2.45) is 0 Å². The maximum atomic E-state index is 13.6. The number of carbonyl (C=O) groups is 3. The van der Waals surface area contributed by atoms with Gasteiger partial charge in [0.2, 0.25) is 0 Å². The Morgan fingerprint density at radius 3 is 2.20 bits per heavy atom. The van der Waals surface area contributed by atoms with Crippen LogP contribution in [0.25, 0.3) is 0 Å². The van der Waals surface area contributed by atoms with Crippen LogP contribution in [0.2, 0.25) is 5.02 Å². The summed E-state index contributed by atoms with van der Waals surface area (Å²) >= 11 is 6.03. The molecule has 0 spiro atoms. The van der Waals surface area contributed by atoms with Crippen molar-refractivity contribution in [3.05, 3.63) is 100 Å². The molecule has 8 heteroatoms. The van der Waals surface area contributed by atoms with Gasteiger partial charge in [-0.1, -0.05) is 67.3 Å². The molecule has 0 bridgehead atoms. The van der Waals surface area contributed by atoms with E-state index in [9.17, 15) is 14.4 Å². The molecule has 7 nitrogen and oxygen atoms in total.